The Morgan fingerprint density at radius 3 is 3.03 bits per heavy atom. The smallest absolute Gasteiger partial charge is 0.225 e. The zero-order chi connectivity index (χ0) is 20.2. The van der Waals surface area contributed by atoms with Crippen LogP contribution in [0.1, 0.15) is 36.1 Å². The highest BCUT2D eigenvalue weighted by Crippen LogP contribution is 2.25. The summed E-state index contributed by atoms with van der Waals surface area (Å²) in [6.45, 7) is 4.94. The second-order valence-corrected chi connectivity index (χ2v) is 7.91. The Hall–Kier alpha value is -2.83. The number of amides is 2. The minimum absolute atomic E-state index is 0.0250. The van der Waals surface area contributed by atoms with Crippen molar-refractivity contribution in [1.29, 1.82) is 0 Å². The molecule has 1 atom stereocenters. The summed E-state index contributed by atoms with van der Waals surface area (Å²) in [5.74, 6) is 0.938. The summed E-state index contributed by atoms with van der Waals surface area (Å²) in [4.78, 5) is 26.8. The van der Waals surface area contributed by atoms with Gasteiger partial charge in [0.1, 0.15) is 5.75 Å². The highest BCUT2D eigenvalue weighted by Gasteiger charge is 2.30. The molecule has 0 radical (unpaired) electrons. The van der Waals surface area contributed by atoms with Crippen LogP contribution >= 0.6 is 0 Å². The van der Waals surface area contributed by atoms with Crippen LogP contribution in [0.3, 0.4) is 0 Å². The van der Waals surface area contributed by atoms with E-state index in [1.54, 1.807) is 9.58 Å². The van der Waals surface area contributed by atoms with Crippen molar-refractivity contribution in [2.75, 3.05) is 19.7 Å². The molecule has 1 unspecified atom stereocenters. The number of nitrogens with zero attached hydrogens (tertiary/aromatic N) is 3. The molecule has 1 aromatic carbocycles. The number of aryl methyl sites for hydroxylation is 3. The maximum absolute atomic E-state index is 12.6. The van der Waals surface area contributed by atoms with Crippen LogP contribution in [0, 0.1) is 12.8 Å². The molecule has 7 heteroatoms. The molecule has 0 bridgehead atoms. The Labute approximate surface area is 171 Å². The first-order chi connectivity index (χ1) is 14.1. The van der Waals surface area contributed by atoms with Crippen LogP contribution < -0.4 is 10.1 Å². The topological polar surface area (TPSA) is 76.5 Å². The Kier molecular flexibility index (Phi) is 5.83. The molecule has 3 heterocycles. The van der Waals surface area contributed by atoms with E-state index in [4.69, 9.17) is 4.74 Å². The average Bonchev–Trinajstić information content (AvgIpc) is 3.39. The van der Waals surface area contributed by atoms with Crippen molar-refractivity contribution in [2.24, 2.45) is 5.92 Å². The van der Waals surface area contributed by atoms with Crippen LogP contribution in [0.4, 0.5) is 0 Å². The maximum atomic E-state index is 12.6. The summed E-state index contributed by atoms with van der Waals surface area (Å²) in [5.41, 5.74) is 3.25. The van der Waals surface area contributed by atoms with Crippen LogP contribution in [0.15, 0.2) is 30.5 Å². The second kappa shape index (κ2) is 8.68. The van der Waals surface area contributed by atoms with E-state index in [1.165, 1.54) is 5.56 Å². The lowest BCUT2D eigenvalue weighted by molar-refractivity contribution is -0.131. The molecule has 1 N–H and O–H groups in total. The molecule has 1 saturated heterocycles. The zero-order valence-corrected chi connectivity index (χ0v) is 16.9. The highest BCUT2D eigenvalue weighted by atomic mass is 16.5. The van der Waals surface area contributed by atoms with Gasteiger partial charge in [-0.15, -0.1) is 0 Å². The molecular weight excluding hydrogens is 368 g/mol. The lowest BCUT2D eigenvalue weighted by Gasteiger charge is -2.18. The number of ether oxygens (including phenoxy) is 1. The summed E-state index contributed by atoms with van der Waals surface area (Å²) in [6.07, 6.45) is 5.07. The van der Waals surface area contributed by atoms with Gasteiger partial charge < -0.3 is 15.0 Å². The van der Waals surface area contributed by atoms with Gasteiger partial charge in [-0.25, -0.2) is 0 Å². The van der Waals surface area contributed by atoms with Crippen LogP contribution in [0.2, 0.25) is 0 Å². The fourth-order valence-corrected chi connectivity index (χ4v) is 4.01. The Balaban J connectivity index is 1.23. The summed E-state index contributed by atoms with van der Waals surface area (Å²) in [7, 11) is 0. The number of aromatic nitrogens is 2. The number of fused-ring (bicyclic) bond motifs is 1. The lowest BCUT2D eigenvalue weighted by Crippen LogP contribution is -2.34. The van der Waals surface area contributed by atoms with Gasteiger partial charge in [0.15, 0.2) is 0 Å². The number of carbonyl (C=O) groups excluding carboxylic acids is 2. The summed E-state index contributed by atoms with van der Waals surface area (Å²) < 4.78 is 7.43. The Morgan fingerprint density at radius 2 is 2.21 bits per heavy atom. The van der Waals surface area contributed by atoms with Crippen molar-refractivity contribution in [3.8, 4) is 5.75 Å². The van der Waals surface area contributed by atoms with Crippen molar-refractivity contribution in [2.45, 2.75) is 45.7 Å². The molecule has 7 nitrogen and oxygen atoms in total. The molecule has 2 aliphatic rings. The van der Waals surface area contributed by atoms with Crippen molar-refractivity contribution >= 4 is 11.8 Å². The van der Waals surface area contributed by atoms with E-state index in [-0.39, 0.29) is 17.7 Å². The molecule has 0 spiro atoms. The minimum Gasteiger partial charge on any atom is -0.493 e. The van der Waals surface area contributed by atoms with E-state index in [2.05, 4.69) is 16.5 Å². The summed E-state index contributed by atoms with van der Waals surface area (Å²) in [5, 5.41) is 7.34. The van der Waals surface area contributed by atoms with Crippen molar-refractivity contribution in [1.82, 2.24) is 20.0 Å². The third-order valence-electron chi connectivity index (χ3n) is 5.68. The minimum atomic E-state index is -0.133. The van der Waals surface area contributed by atoms with Crippen molar-refractivity contribution in [3.05, 3.63) is 47.3 Å². The van der Waals surface area contributed by atoms with Crippen molar-refractivity contribution in [3.63, 3.8) is 0 Å². The zero-order valence-electron chi connectivity index (χ0n) is 16.9. The van der Waals surface area contributed by atoms with Gasteiger partial charge >= 0.3 is 0 Å². The number of nitrogens with one attached hydrogen (secondary N) is 1. The summed E-state index contributed by atoms with van der Waals surface area (Å²) >= 11 is 0. The molecule has 154 valence electrons. The largest absolute Gasteiger partial charge is 0.493 e. The van der Waals surface area contributed by atoms with Gasteiger partial charge in [0.2, 0.25) is 11.8 Å². The number of hydrogen-bond donors (Lipinski definition) is 1. The van der Waals surface area contributed by atoms with E-state index in [0.717, 1.165) is 42.9 Å². The number of hydrogen-bond acceptors (Lipinski definition) is 4. The van der Waals surface area contributed by atoms with Gasteiger partial charge in [0.25, 0.3) is 0 Å². The van der Waals surface area contributed by atoms with Gasteiger partial charge in [-0.2, -0.15) is 5.10 Å². The van der Waals surface area contributed by atoms with Crippen LogP contribution in [-0.4, -0.2) is 46.2 Å². The predicted octanol–water partition coefficient (Wildman–Crippen LogP) is 2.07. The molecule has 1 aromatic heterocycles. The monoisotopic (exact) mass is 396 g/mol. The number of carbonyl (C=O) groups is 2. The molecule has 0 saturated carbocycles. The summed E-state index contributed by atoms with van der Waals surface area (Å²) in [6, 6.07) is 8.05. The first-order valence-electron chi connectivity index (χ1n) is 10.4. The van der Waals surface area contributed by atoms with Gasteiger partial charge in [-0.3, -0.25) is 14.3 Å². The molecule has 2 aromatic rings. The quantitative estimate of drug-likeness (QED) is 0.811. The first kappa shape index (κ1) is 19.5. The lowest BCUT2D eigenvalue weighted by atomic mass is 10.0. The van der Waals surface area contributed by atoms with E-state index >= 15 is 0 Å². The van der Waals surface area contributed by atoms with Gasteiger partial charge in [0.05, 0.1) is 18.2 Å². The molecule has 2 amide bonds. The molecule has 2 aliphatic heterocycles. The van der Waals surface area contributed by atoms with Gasteiger partial charge in [-0.1, -0.05) is 12.1 Å². The van der Waals surface area contributed by atoms with E-state index < -0.39 is 0 Å². The van der Waals surface area contributed by atoms with E-state index in [9.17, 15) is 9.59 Å². The van der Waals surface area contributed by atoms with Gasteiger partial charge in [-0.05, 0) is 49.4 Å². The number of rotatable bonds is 6. The number of benzene rings is 1. The predicted molar refractivity (Wildman–Crippen MR) is 108 cm³/mol. The fourth-order valence-electron chi connectivity index (χ4n) is 4.01. The third-order valence-corrected chi connectivity index (χ3v) is 5.68. The molecule has 29 heavy (non-hydrogen) atoms. The van der Waals surface area contributed by atoms with Gasteiger partial charge in [0, 0.05) is 38.8 Å². The second-order valence-electron chi connectivity index (χ2n) is 7.91. The standard InChI is InChI=1S/C22H28N4O3/c1-16-6-10-26(24-16)11-8-21(27)25-9-7-19(15-25)22(28)23-14-17-4-5-20-18(13-17)3-2-12-29-20/h4-6,10,13,19H,2-3,7-9,11-12,14-15H2,1H3,(H,23,28). The van der Waals surface area contributed by atoms with E-state index in [0.29, 0.717) is 32.6 Å². The van der Waals surface area contributed by atoms with E-state index in [1.807, 2.05) is 31.3 Å². The Bertz CT molecular complexity index is 892. The first-order valence-corrected chi connectivity index (χ1v) is 10.4. The number of likely N-dealkylation sites (tertiary alicyclic amines) is 1. The normalized spacial score (nSPS) is 18.2. The maximum Gasteiger partial charge on any atom is 0.225 e. The Morgan fingerprint density at radius 1 is 1.31 bits per heavy atom. The fraction of sp³-hybridized carbons (Fsp3) is 0.500. The van der Waals surface area contributed by atoms with Crippen LogP contribution in [0.5, 0.6) is 5.75 Å². The van der Waals surface area contributed by atoms with Crippen LogP contribution in [0.25, 0.3) is 0 Å². The average molecular weight is 396 g/mol. The molecule has 4 rings (SSSR count). The molecular formula is C22H28N4O3. The third kappa shape index (κ3) is 4.78. The highest BCUT2D eigenvalue weighted by molar-refractivity contribution is 5.82. The SMILES string of the molecule is Cc1ccn(CCC(=O)N2CCC(C(=O)NCc3ccc4c(c3)CCCO4)C2)n1. The molecule has 0 aliphatic carbocycles. The van der Waals surface area contributed by atoms with Crippen molar-refractivity contribution < 1.29 is 14.3 Å². The molecule has 1 fully saturated rings. The van der Waals surface area contributed by atoms with Crippen LogP contribution in [-0.2, 0) is 29.1 Å².